The highest BCUT2D eigenvalue weighted by atomic mass is 32.1. The fraction of sp³-hybridized carbons (Fsp3) is 0.304. The molecule has 0 aromatic carbocycles. The first-order valence-corrected chi connectivity index (χ1v) is 11.7. The Kier molecular flexibility index (Phi) is 5.29. The van der Waals surface area contributed by atoms with Crippen LogP contribution < -0.4 is 15.4 Å². The molecule has 4 atom stereocenters. The first kappa shape index (κ1) is 22.9. The number of carboxylic acid groups (broad SMARTS) is 1. The number of hydrogen-bond acceptors (Lipinski definition) is 8. The summed E-state index contributed by atoms with van der Waals surface area (Å²) in [6.07, 6.45) is 5.38. The number of β-lactam (4-membered cyclic amide) rings is 1. The minimum atomic E-state index is -1.47. The number of amides is 2. The van der Waals surface area contributed by atoms with Crippen LogP contribution >= 0.6 is 11.3 Å². The number of pyridine rings is 1. The molecule has 2 aliphatic heterocycles. The van der Waals surface area contributed by atoms with E-state index in [0.717, 1.165) is 0 Å². The van der Waals surface area contributed by atoms with E-state index >= 15 is 0 Å². The van der Waals surface area contributed by atoms with Crippen molar-refractivity contribution in [3.05, 3.63) is 58.9 Å². The highest BCUT2D eigenvalue weighted by Gasteiger charge is 2.58. The topological polar surface area (TPSA) is 162 Å². The van der Waals surface area contributed by atoms with Gasteiger partial charge < -0.3 is 25.6 Å². The molecule has 0 bridgehead atoms. The summed E-state index contributed by atoms with van der Waals surface area (Å²) in [5.74, 6) is -3.79. The number of nitrogens with zero attached hydrogens (tertiary/aromatic N) is 4. The molecule has 11 nitrogen and oxygen atoms in total. The highest BCUT2D eigenvalue weighted by Crippen LogP contribution is 2.51. The normalized spacial score (nSPS) is 22.3. The van der Waals surface area contributed by atoms with Crippen LogP contribution in [0.3, 0.4) is 0 Å². The standard InChI is InChI=1S/C23H21N5O6S/c1-10-15(19(23(33)34)28-18(10)16(11(2)29)21(28)32)13-7-27-9-25-17(22(27)35-13)20(31)12-3-5-26(6-4-12)8-14(24)30/h3-7,9-11,16,18,29H,8H2,1-2H3,(H2-,24,30,33,34)/t10-,11+,16+,18+/m0/s1. The second-order valence-electron chi connectivity index (χ2n) is 8.76. The molecule has 3 N–H and O–H groups in total. The van der Waals surface area contributed by atoms with Crippen LogP contribution in [0.15, 0.2) is 42.7 Å². The highest BCUT2D eigenvalue weighted by molar-refractivity contribution is 7.18. The van der Waals surface area contributed by atoms with Crippen molar-refractivity contribution >= 4 is 45.3 Å². The fourth-order valence-electron chi connectivity index (χ4n) is 4.99. The molecule has 35 heavy (non-hydrogen) atoms. The Morgan fingerprint density at radius 2 is 2.00 bits per heavy atom. The smallest absolute Gasteiger partial charge is 0.283 e. The van der Waals surface area contributed by atoms with Crippen molar-refractivity contribution < 1.29 is 34.0 Å². The van der Waals surface area contributed by atoms with Gasteiger partial charge in [-0.15, -0.1) is 11.3 Å². The summed E-state index contributed by atoms with van der Waals surface area (Å²) in [5, 5.41) is 22.1. The number of rotatable bonds is 7. The number of aliphatic hydroxyl groups excluding tert-OH is 1. The molecular weight excluding hydrogens is 474 g/mol. The van der Waals surface area contributed by atoms with Gasteiger partial charge in [0.15, 0.2) is 12.4 Å². The average Bonchev–Trinajstić information content (AvgIpc) is 3.43. The van der Waals surface area contributed by atoms with Gasteiger partial charge in [0.1, 0.15) is 16.9 Å². The first-order chi connectivity index (χ1) is 16.6. The van der Waals surface area contributed by atoms with Gasteiger partial charge >= 0.3 is 0 Å². The number of ketones is 1. The van der Waals surface area contributed by atoms with E-state index in [1.165, 1.54) is 29.5 Å². The van der Waals surface area contributed by atoms with E-state index < -0.39 is 35.8 Å². The second-order valence-corrected chi connectivity index (χ2v) is 9.79. The number of hydrogen-bond donors (Lipinski definition) is 2. The molecular formula is C23H21N5O6S. The third-order valence-electron chi connectivity index (χ3n) is 6.55. The zero-order valence-corrected chi connectivity index (χ0v) is 19.6. The van der Waals surface area contributed by atoms with Crippen molar-refractivity contribution in [2.45, 2.75) is 32.5 Å². The van der Waals surface area contributed by atoms with Crippen molar-refractivity contribution in [2.75, 3.05) is 0 Å². The SMILES string of the molecule is C[C@@H](O)[C@H]1C(=O)N2C(C(=O)[O-])=C(c3cn4cnc(C(=O)c5cc[n+](CC(N)=O)cc5)c4s3)[C@H](C)[C@H]12. The molecule has 3 aromatic heterocycles. The fourth-order valence-corrected chi connectivity index (χ4v) is 6.21. The molecule has 2 aliphatic rings. The lowest BCUT2D eigenvalue weighted by Crippen LogP contribution is -2.64. The van der Waals surface area contributed by atoms with Crippen LogP contribution in [-0.2, 0) is 20.9 Å². The van der Waals surface area contributed by atoms with Gasteiger partial charge in [0.05, 0.1) is 34.6 Å². The number of primary amides is 1. The lowest BCUT2D eigenvalue weighted by molar-refractivity contribution is -0.684. The van der Waals surface area contributed by atoms with Crippen LogP contribution in [0.4, 0.5) is 0 Å². The molecule has 1 fully saturated rings. The zero-order valence-electron chi connectivity index (χ0n) is 18.7. The van der Waals surface area contributed by atoms with Crippen molar-refractivity contribution in [2.24, 2.45) is 17.6 Å². The quantitative estimate of drug-likeness (QED) is 0.234. The molecule has 180 valence electrons. The molecule has 0 saturated carbocycles. The second kappa shape index (κ2) is 8.10. The van der Waals surface area contributed by atoms with Crippen LogP contribution in [0.25, 0.3) is 10.4 Å². The number of aliphatic hydroxyl groups is 1. The van der Waals surface area contributed by atoms with E-state index in [1.54, 1.807) is 39.7 Å². The maximum atomic E-state index is 13.1. The van der Waals surface area contributed by atoms with Gasteiger partial charge in [-0.3, -0.25) is 18.8 Å². The first-order valence-electron chi connectivity index (χ1n) is 10.9. The van der Waals surface area contributed by atoms with E-state index in [1.807, 2.05) is 6.92 Å². The van der Waals surface area contributed by atoms with E-state index in [9.17, 15) is 29.4 Å². The summed E-state index contributed by atoms with van der Waals surface area (Å²) in [4.78, 5) is 55.3. The Balaban J connectivity index is 1.52. The summed E-state index contributed by atoms with van der Waals surface area (Å²) in [5.41, 5.74) is 5.98. The molecule has 5 heterocycles. The Hall–Kier alpha value is -3.90. The van der Waals surface area contributed by atoms with Gasteiger partial charge in [0.2, 0.25) is 18.2 Å². The van der Waals surface area contributed by atoms with Crippen molar-refractivity contribution in [1.82, 2.24) is 14.3 Å². The van der Waals surface area contributed by atoms with Gasteiger partial charge in [-0.1, -0.05) is 6.92 Å². The summed E-state index contributed by atoms with van der Waals surface area (Å²) in [7, 11) is 0. The summed E-state index contributed by atoms with van der Waals surface area (Å²) >= 11 is 1.19. The molecule has 3 aromatic rings. The maximum Gasteiger partial charge on any atom is 0.283 e. The Bertz CT molecular complexity index is 1440. The molecule has 1 saturated heterocycles. The largest absolute Gasteiger partial charge is 0.543 e. The van der Waals surface area contributed by atoms with Crippen LogP contribution in [0.5, 0.6) is 0 Å². The van der Waals surface area contributed by atoms with Gasteiger partial charge in [-0.25, -0.2) is 4.98 Å². The Labute approximate surface area is 202 Å². The summed E-state index contributed by atoms with van der Waals surface area (Å²) < 4.78 is 3.19. The van der Waals surface area contributed by atoms with Crippen molar-refractivity contribution in [3.8, 4) is 0 Å². The average molecular weight is 496 g/mol. The van der Waals surface area contributed by atoms with E-state index in [2.05, 4.69) is 4.98 Å². The predicted octanol–water partition coefficient (Wildman–Crippen LogP) is -1.28. The number of aromatic nitrogens is 3. The van der Waals surface area contributed by atoms with Gasteiger partial charge in [-0.05, 0) is 6.92 Å². The number of carbonyl (C=O) groups excluding carboxylic acids is 4. The van der Waals surface area contributed by atoms with E-state index in [-0.39, 0.29) is 29.6 Å². The number of carbonyl (C=O) groups is 4. The minimum Gasteiger partial charge on any atom is -0.543 e. The van der Waals surface area contributed by atoms with Crippen molar-refractivity contribution in [3.63, 3.8) is 0 Å². The molecule has 12 heteroatoms. The number of aliphatic carboxylic acids is 1. The Morgan fingerprint density at radius 3 is 2.60 bits per heavy atom. The number of carboxylic acids is 1. The third-order valence-corrected chi connectivity index (χ3v) is 7.69. The van der Waals surface area contributed by atoms with Crippen LogP contribution in [0.2, 0.25) is 0 Å². The molecule has 0 aliphatic carbocycles. The van der Waals surface area contributed by atoms with E-state index in [0.29, 0.717) is 20.8 Å². The Morgan fingerprint density at radius 1 is 1.31 bits per heavy atom. The van der Waals surface area contributed by atoms with Crippen LogP contribution in [0.1, 0.15) is 34.8 Å². The number of nitrogens with two attached hydrogens (primary N) is 1. The van der Waals surface area contributed by atoms with Crippen molar-refractivity contribution in [1.29, 1.82) is 0 Å². The van der Waals surface area contributed by atoms with Gasteiger partial charge in [0, 0.05) is 35.4 Å². The van der Waals surface area contributed by atoms with Crippen LogP contribution in [-0.4, -0.2) is 55.1 Å². The lowest BCUT2D eigenvalue weighted by atomic mass is 9.77. The molecule has 2 amide bonds. The molecule has 0 spiro atoms. The van der Waals surface area contributed by atoms with Crippen LogP contribution in [0, 0.1) is 11.8 Å². The molecule has 5 rings (SSSR count). The van der Waals surface area contributed by atoms with Gasteiger partial charge in [0.25, 0.3) is 5.91 Å². The summed E-state index contributed by atoms with van der Waals surface area (Å²) in [6, 6.07) is 2.66. The molecule has 0 radical (unpaired) electrons. The minimum absolute atomic E-state index is 0.0119. The number of imidazole rings is 1. The predicted molar refractivity (Wildman–Crippen MR) is 119 cm³/mol. The number of thiazole rings is 1. The lowest BCUT2D eigenvalue weighted by Gasteiger charge is -2.47. The third kappa shape index (κ3) is 3.44. The summed E-state index contributed by atoms with van der Waals surface area (Å²) in [6.45, 7) is 3.32. The maximum absolute atomic E-state index is 13.1. The van der Waals surface area contributed by atoms with Gasteiger partial charge in [-0.2, -0.15) is 4.57 Å². The molecule has 0 unspecified atom stereocenters. The zero-order chi connectivity index (χ0) is 25.2. The monoisotopic (exact) mass is 495 g/mol. The van der Waals surface area contributed by atoms with E-state index in [4.69, 9.17) is 5.73 Å². The number of fused-ring (bicyclic) bond motifs is 2.